The molecule has 0 bridgehead atoms. The maximum absolute atomic E-state index is 11.5. The Bertz CT molecular complexity index is 1040. The smallest absolute Gasteiger partial charge is 0.324 e. The number of nitrogens with one attached hydrogen (secondary N) is 2. The molecule has 0 spiro atoms. The van der Waals surface area contributed by atoms with E-state index in [0.717, 1.165) is 0 Å². The first-order chi connectivity index (χ1) is 13.5. The molecule has 0 saturated carbocycles. The SMILES string of the molecule is CC(=O)Nc1cnc(Oc2c(Cl)cccc2Cl)nc1Nc1ccc(C#N)cc1. The van der Waals surface area contributed by atoms with Crippen LogP contribution in [0.2, 0.25) is 10.0 Å². The number of para-hydroxylation sites is 1. The highest BCUT2D eigenvalue weighted by Gasteiger charge is 2.14. The highest BCUT2D eigenvalue weighted by molar-refractivity contribution is 6.37. The molecule has 0 radical (unpaired) electrons. The number of nitrogens with zero attached hydrogens (tertiary/aromatic N) is 3. The third-order valence-corrected chi connectivity index (χ3v) is 4.06. The topological polar surface area (TPSA) is 99.9 Å². The summed E-state index contributed by atoms with van der Waals surface area (Å²) in [5.74, 6) is 0.241. The zero-order chi connectivity index (χ0) is 20.1. The fourth-order valence-corrected chi connectivity index (χ4v) is 2.70. The van der Waals surface area contributed by atoms with E-state index in [-0.39, 0.29) is 17.7 Å². The van der Waals surface area contributed by atoms with Gasteiger partial charge in [-0.3, -0.25) is 4.79 Å². The van der Waals surface area contributed by atoms with E-state index in [2.05, 4.69) is 20.6 Å². The van der Waals surface area contributed by atoms with Crippen LogP contribution in [0, 0.1) is 11.3 Å². The highest BCUT2D eigenvalue weighted by Crippen LogP contribution is 2.36. The van der Waals surface area contributed by atoms with Gasteiger partial charge in [-0.05, 0) is 36.4 Å². The summed E-state index contributed by atoms with van der Waals surface area (Å²) in [5, 5.41) is 15.2. The molecule has 2 aromatic carbocycles. The van der Waals surface area contributed by atoms with Crippen molar-refractivity contribution in [3.05, 3.63) is 64.3 Å². The van der Waals surface area contributed by atoms with Crippen LogP contribution in [0.3, 0.4) is 0 Å². The Morgan fingerprint density at radius 3 is 2.43 bits per heavy atom. The Labute approximate surface area is 170 Å². The van der Waals surface area contributed by atoms with Crippen LogP contribution < -0.4 is 15.4 Å². The molecule has 140 valence electrons. The fraction of sp³-hybridized carbons (Fsp3) is 0.0526. The van der Waals surface area contributed by atoms with Crippen molar-refractivity contribution in [1.29, 1.82) is 5.26 Å². The fourth-order valence-electron chi connectivity index (χ4n) is 2.23. The van der Waals surface area contributed by atoms with Crippen molar-refractivity contribution in [3.63, 3.8) is 0 Å². The molecule has 9 heteroatoms. The molecular formula is C19H13Cl2N5O2. The molecule has 0 atom stereocenters. The number of aromatic nitrogens is 2. The number of hydrogen-bond acceptors (Lipinski definition) is 6. The van der Waals surface area contributed by atoms with Crippen molar-refractivity contribution < 1.29 is 9.53 Å². The second kappa shape index (κ2) is 8.57. The third-order valence-electron chi connectivity index (χ3n) is 3.47. The van der Waals surface area contributed by atoms with Gasteiger partial charge in [-0.2, -0.15) is 10.2 Å². The first-order valence-electron chi connectivity index (χ1n) is 8.00. The molecule has 3 rings (SSSR count). The quantitative estimate of drug-likeness (QED) is 0.599. The molecule has 0 unspecified atom stereocenters. The molecule has 1 amide bonds. The number of benzene rings is 2. The molecule has 0 saturated heterocycles. The molecule has 2 N–H and O–H groups in total. The maximum atomic E-state index is 11.5. The van der Waals surface area contributed by atoms with Gasteiger partial charge in [-0.15, -0.1) is 0 Å². The summed E-state index contributed by atoms with van der Waals surface area (Å²) in [4.78, 5) is 19.9. The number of anilines is 3. The minimum atomic E-state index is -0.283. The van der Waals surface area contributed by atoms with Crippen LogP contribution in [0.4, 0.5) is 17.2 Å². The minimum absolute atomic E-state index is 0.0137. The number of amides is 1. The minimum Gasteiger partial charge on any atom is -0.421 e. The molecule has 1 aromatic heterocycles. The van der Waals surface area contributed by atoms with Gasteiger partial charge in [-0.1, -0.05) is 29.3 Å². The van der Waals surface area contributed by atoms with Gasteiger partial charge >= 0.3 is 6.01 Å². The molecule has 28 heavy (non-hydrogen) atoms. The largest absolute Gasteiger partial charge is 0.421 e. The maximum Gasteiger partial charge on any atom is 0.324 e. The first-order valence-corrected chi connectivity index (χ1v) is 8.75. The summed E-state index contributed by atoms with van der Waals surface area (Å²) in [6, 6.07) is 13.7. The lowest BCUT2D eigenvalue weighted by Gasteiger charge is -2.13. The van der Waals surface area contributed by atoms with Crippen LogP contribution in [-0.4, -0.2) is 15.9 Å². The molecule has 0 aliphatic heterocycles. The molecule has 3 aromatic rings. The Kier molecular flexibility index (Phi) is 5.94. The predicted octanol–water partition coefficient (Wildman–Crippen LogP) is 5.15. The second-order valence-corrected chi connectivity index (χ2v) is 6.38. The van der Waals surface area contributed by atoms with Crippen LogP contribution >= 0.6 is 23.2 Å². The zero-order valence-corrected chi connectivity index (χ0v) is 16.0. The van der Waals surface area contributed by atoms with E-state index in [4.69, 9.17) is 33.2 Å². The number of carbonyl (C=O) groups excluding carboxylic acids is 1. The van der Waals surface area contributed by atoms with Crippen molar-refractivity contribution >= 4 is 46.3 Å². The molecule has 0 aliphatic carbocycles. The van der Waals surface area contributed by atoms with Crippen LogP contribution in [0.5, 0.6) is 11.8 Å². The molecule has 1 heterocycles. The van der Waals surface area contributed by atoms with Gasteiger partial charge in [0.2, 0.25) is 5.91 Å². The van der Waals surface area contributed by atoms with E-state index in [1.54, 1.807) is 42.5 Å². The summed E-state index contributed by atoms with van der Waals surface area (Å²) in [7, 11) is 0. The van der Waals surface area contributed by atoms with Gasteiger partial charge in [0.1, 0.15) is 5.69 Å². The van der Waals surface area contributed by atoms with Gasteiger partial charge in [0.15, 0.2) is 11.6 Å². The Morgan fingerprint density at radius 2 is 1.82 bits per heavy atom. The number of carbonyl (C=O) groups is 1. The van der Waals surface area contributed by atoms with Gasteiger partial charge < -0.3 is 15.4 Å². The monoisotopic (exact) mass is 413 g/mol. The standard InChI is InChI=1S/C19H13Cl2N5O2/c1-11(27)24-16-10-23-19(28-17-14(20)3-2-4-15(17)21)26-18(16)25-13-7-5-12(9-22)6-8-13/h2-8,10H,1H3,(H,24,27)(H,23,25,26). The van der Waals surface area contributed by atoms with E-state index in [0.29, 0.717) is 32.8 Å². The number of halogens is 2. The average Bonchev–Trinajstić information content (AvgIpc) is 2.67. The van der Waals surface area contributed by atoms with Crippen LogP contribution in [0.25, 0.3) is 0 Å². The van der Waals surface area contributed by atoms with E-state index in [1.807, 2.05) is 6.07 Å². The number of rotatable bonds is 5. The van der Waals surface area contributed by atoms with E-state index in [1.165, 1.54) is 13.1 Å². The van der Waals surface area contributed by atoms with Crippen molar-refractivity contribution in [2.75, 3.05) is 10.6 Å². The number of nitriles is 1. The second-order valence-electron chi connectivity index (χ2n) is 5.56. The van der Waals surface area contributed by atoms with Gasteiger partial charge in [0.05, 0.1) is 27.9 Å². The Hall–Kier alpha value is -3.34. The lowest BCUT2D eigenvalue weighted by atomic mass is 10.2. The molecule has 0 fully saturated rings. The lowest BCUT2D eigenvalue weighted by molar-refractivity contribution is -0.114. The van der Waals surface area contributed by atoms with Crippen molar-refractivity contribution in [3.8, 4) is 17.8 Å². The summed E-state index contributed by atoms with van der Waals surface area (Å²) >= 11 is 12.2. The molecule has 7 nitrogen and oxygen atoms in total. The van der Waals surface area contributed by atoms with E-state index >= 15 is 0 Å². The van der Waals surface area contributed by atoms with Crippen LogP contribution in [-0.2, 0) is 4.79 Å². The number of ether oxygens (including phenoxy) is 1. The zero-order valence-electron chi connectivity index (χ0n) is 14.5. The summed E-state index contributed by atoms with van der Waals surface area (Å²) in [5.41, 5.74) is 1.54. The van der Waals surface area contributed by atoms with E-state index < -0.39 is 0 Å². The number of hydrogen-bond donors (Lipinski definition) is 2. The van der Waals surface area contributed by atoms with Gasteiger partial charge in [0, 0.05) is 12.6 Å². The van der Waals surface area contributed by atoms with Gasteiger partial charge in [0.25, 0.3) is 0 Å². The Balaban J connectivity index is 1.94. The first kappa shape index (κ1) is 19.4. The summed E-state index contributed by atoms with van der Waals surface area (Å²) in [6.45, 7) is 1.37. The third kappa shape index (κ3) is 4.68. The average molecular weight is 414 g/mol. The lowest BCUT2D eigenvalue weighted by Crippen LogP contribution is -2.10. The normalized spacial score (nSPS) is 10.1. The van der Waals surface area contributed by atoms with E-state index in [9.17, 15) is 4.79 Å². The molecule has 0 aliphatic rings. The highest BCUT2D eigenvalue weighted by atomic mass is 35.5. The van der Waals surface area contributed by atoms with Crippen LogP contribution in [0.1, 0.15) is 12.5 Å². The predicted molar refractivity (Wildman–Crippen MR) is 107 cm³/mol. The summed E-state index contributed by atoms with van der Waals surface area (Å²) < 4.78 is 5.63. The Morgan fingerprint density at radius 1 is 1.14 bits per heavy atom. The van der Waals surface area contributed by atoms with Gasteiger partial charge in [-0.25, -0.2) is 4.98 Å². The van der Waals surface area contributed by atoms with Crippen molar-refractivity contribution in [2.45, 2.75) is 6.92 Å². The van der Waals surface area contributed by atoms with Crippen molar-refractivity contribution in [2.24, 2.45) is 0 Å². The molecular weight excluding hydrogens is 401 g/mol. The van der Waals surface area contributed by atoms with Crippen molar-refractivity contribution in [1.82, 2.24) is 9.97 Å². The van der Waals surface area contributed by atoms with Crippen LogP contribution in [0.15, 0.2) is 48.7 Å². The summed E-state index contributed by atoms with van der Waals surface area (Å²) in [6.07, 6.45) is 1.40.